The van der Waals surface area contributed by atoms with Gasteiger partial charge in [0.05, 0.1) is 0 Å². The van der Waals surface area contributed by atoms with Crippen LogP contribution in [0.3, 0.4) is 0 Å². The monoisotopic (exact) mass is 541 g/mol. The summed E-state index contributed by atoms with van der Waals surface area (Å²) >= 11 is 4.36. The molecule has 0 aromatic heterocycles. The number of aryl methyl sites for hydroxylation is 3. The predicted octanol–water partition coefficient (Wildman–Crippen LogP) is 6.13. The maximum Gasteiger partial charge on any atom is 0.408 e. The topological polar surface area (TPSA) is 87.7 Å². The van der Waals surface area contributed by atoms with E-state index in [1.807, 2.05) is 63.2 Å². The van der Waals surface area contributed by atoms with E-state index in [9.17, 15) is 14.4 Å². The smallest absolute Gasteiger partial charge is 0.408 e. The van der Waals surface area contributed by atoms with Crippen molar-refractivity contribution in [3.8, 4) is 0 Å². The number of anilines is 1. The van der Waals surface area contributed by atoms with Crippen LogP contribution in [-0.2, 0) is 14.3 Å². The number of unbranched alkanes of at least 4 members (excludes halogenated alkanes) is 2. The number of hydrogen-bond acceptors (Lipinski definition) is 5. The normalized spacial score (nSPS) is 12.8. The van der Waals surface area contributed by atoms with E-state index in [-0.39, 0.29) is 17.6 Å². The van der Waals surface area contributed by atoms with E-state index in [4.69, 9.17) is 4.74 Å². The molecular formula is C30H43N3O4S. The first-order valence-corrected chi connectivity index (χ1v) is 13.9. The molecule has 2 atom stereocenters. The molecule has 38 heavy (non-hydrogen) atoms. The molecule has 0 aliphatic carbocycles. The minimum Gasteiger partial charge on any atom is -0.444 e. The molecule has 0 heterocycles. The lowest BCUT2D eigenvalue weighted by atomic mass is 9.97. The third-order valence-corrected chi connectivity index (χ3v) is 6.59. The van der Waals surface area contributed by atoms with Crippen LogP contribution in [0.5, 0.6) is 0 Å². The molecule has 0 bridgehead atoms. The van der Waals surface area contributed by atoms with E-state index in [0.29, 0.717) is 13.0 Å². The number of benzene rings is 2. The summed E-state index contributed by atoms with van der Waals surface area (Å²) in [4.78, 5) is 42.2. The summed E-state index contributed by atoms with van der Waals surface area (Å²) in [6.07, 6.45) is 1.87. The maximum atomic E-state index is 14.0. The van der Waals surface area contributed by atoms with Crippen LogP contribution in [0.2, 0.25) is 0 Å². The Morgan fingerprint density at radius 2 is 1.55 bits per heavy atom. The summed E-state index contributed by atoms with van der Waals surface area (Å²) < 4.78 is 5.38. The minimum atomic E-state index is -0.964. The van der Waals surface area contributed by atoms with Gasteiger partial charge < -0.3 is 20.3 Å². The highest BCUT2D eigenvalue weighted by molar-refractivity contribution is 7.80. The van der Waals surface area contributed by atoms with Crippen molar-refractivity contribution in [1.82, 2.24) is 10.2 Å². The Morgan fingerprint density at radius 1 is 0.947 bits per heavy atom. The molecule has 8 heteroatoms. The van der Waals surface area contributed by atoms with Crippen LogP contribution in [0.15, 0.2) is 42.5 Å². The van der Waals surface area contributed by atoms with Gasteiger partial charge in [0, 0.05) is 18.0 Å². The zero-order valence-corrected chi connectivity index (χ0v) is 24.7. The molecule has 0 aliphatic rings. The SMILES string of the molecule is CCCCCN(C(=O)C(CS)NC(=O)OC(C)(C)C)C(C(=O)Nc1c(C)cccc1C)c1ccccc1C. The number of carbonyl (C=O) groups is 3. The molecular weight excluding hydrogens is 498 g/mol. The molecule has 0 saturated carbocycles. The second kappa shape index (κ2) is 14.2. The Labute approximate surface area is 233 Å². The van der Waals surface area contributed by atoms with Crippen LogP contribution < -0.4 is 10.6 Å². The van der Waals surface area contributed by atoms with Crippen LogP contribution in [0.1, 0.15) is 75.3 Å². The van der Waals surface area contributed by atoms with E-state index in [1.165, 1.54) is 0 Å². The predicted molar refractivity (Wildman–Crippen MR) is 157 cm³/mol. The molecule has 0 saturated heterocycles. The summed E-state index contributed by atoms with van der Waals surface area (Å²) in [7, 11) is 0. The lowest BCUT2D eigenvalue weighted by Gasteiger charge is -2.35. The number of carbonyl (C=O) groups excluding carboxylic acids is 3. The van der Waals surface area contributed by atoms with Gasteiger partial charge in [-0.2, -0.15) is 12.6 Å². The Kier molecular flexibility index (Phi) is 11.7. The number of nitrogens with one attached hydrogen (secondary N) is 2. The van der Waals surface area contributed by atoms with Gasteiger partial charge in [-0.25, -0.2) is 4.79 Å². The van der Waals surface area contributed by atoms with Gasteiger partial charge in [0.2, 0.25) is 5.91 Å². The molecule has 0 fully saturated rings. The number of para-hydroxylation sites is 1. The Bertz CT molecular complexity index is 1090. The van der Waals surface area contributed by atoms with Crippen molar-refractivity contribution < 1.29 is 19.1 Å². The standard InChI is InChI=1S/C30H43N3O4S/c1-8-9-12-18-33(28(35)24(19-38)31-29(36)37-30(5,6)7)26(23-17-11-10-14-20(23)2)27(34)32-25-21(3)15-13-16-22(25)4/h10-11,13-17,24,26,38H,8-9,12,18-19H2,1-7H3,(H,31,36)(H,32,34). The highest BCUT2D eigenvalue weighted by atomic mass is 32.1. The summed E-state index contributed by atoms with van der Waals surface area (Å²) in [5.74, 6) is -0.634. The third-order valence-electron chi connectivity index (χ3n) is 6.23. The highest BCUT2D eigenvalue weighted by Crippen LogP contribution is 2.29. The second-order valence-corrected chi connectivity index (χ2v) is 11.0. The average Bonchev–Trinajstić information content (AvgIpc) is 2.83. The zero-order valence-electron chi connectivity index (χ0n) is 23.8. The molecule has 0 aliphatic heterocycles. The van der Waals surface area contributed by atoms with E-state index in [2.05, 4.69) is 30.2 Å². The molecule has 2 aromatic rings. The molecule has 2 rings (SSSR count). The van der Waals surface area contributed by atoms with Gasteiger partial charge in [0.1, 0.15) is 17.7 Å². The van der Waals surface area contributed by atoms with Crippen LogP contribution in [0, 0.1) is 20.8 Å². The molecule has 0 radical (unpaired) electrons. The number of rotatable bonds is 11. The summed E-state index contributed by atoms with van der Waals surface area (Å²) in [6.45, 7) is 13.5. The van der Waals surface area contributed by atoms with Crippen LogP contribution >= 0.6 is 12.6 Å². The van der Waals surface area contributed by atoms with Gasteiger partial charge in [0.15, 0.2) is 0 Å². The summed E-state index contributed by atoms with van der Waals surface area (Å²) in [5, 5.41) is 5.76. The number of hydrogen-bond donors (Lipinski definition) is 3. The van der Waals surface area contributed by atoms with Gasteiger partial charge in [-0.3, -0.25) is 9.59 Å². The summed E-state index contributed by atoms with van der Waals surface area (Å²) in [5.41, 5.74) is 3.51. The highest BCUT2D eigenvalue weighted by Gasteiger charge is 2.36. The minimum absolute atomic E-state index is 0.0569. The number of ether oxygens (including phenoxy) is 1. The molecule has 2 unspecified atom stereocenters. The fourth-order valence-electron chi connectivity index (χ4n) is 4.28. The van der Waals surface area contributed by atoms with Crippen molar-refractivity contribution in [3.05, 3.63) is 64.7 Å². The van der Waals surface area contributed by atoms with E-state index in [1.54, 1.807) is 25.7 Å². The van der Waals surface area contributed by atoms with Gasteiger partial charge >= 0.3 is 6.09 Å². The molecule has 3 amide bonds. The molecule has 208 valence electrons. The second-order valence-electron chi connectivity index (χ2n) is 10.6. The van der Waals surface area contributed by atoms with Crippen LogP contribution in [-0.4, -0.2) is 46.7 Å². The Morgan fingerprint density at radius 3 is 2.11 bits per heavy atom. The molecule has 2 N–H and O–H groups in total. The quantitative estimate of drug-likeness (QED) is 0.236. The third kappa shape index (κ3) is 8.79. The van der Waals surface area contributed by atoms with Crippen molar-refractivity contribution >= 4 is 36.2 Å². The van der Waals surface area contributed by atoms with Gasteiger partial charge in [-0.05, 0) is 70.2 Å². The maximum absolute atomic E-state index is 14.0. The number of amides is 3. The van der Waals surface area contributed by atoms with E-state index < -0.39 is 23.8 Å². The molecule has 2 aromatic carbocycles. The largest absolute Gasteiger partial charge is 0.444 e. The molecule has 0 spiro atoms. The van der Waals surface area contributed by atoms with Gasteiger partial charge in [-0.1, -0.05) is 62.2 Å². The first-order valence-electron chi connectivity index (χ1n) is 13.2. The zero-order chi connectivity index (χ0) is 28.5. The van der Waals surface area contributed by atoms with Crippen LogP contribution in [0.25, 0.3) is 0 Å². The molecule has 7 nitrogen and oxygen atoms in total. The Hall–Kier alpha value is -3.00. The van der Waals surface area contributed by atoms with Crippen molar-refractivity contribution in [2.75, 3.05) is 17.6 Å². The van der Waals surface area contributed by atoms with Crippen molar-refractivity contribution in [2.45, 2.75) is 85.4 Å². The van der Waals surface area contributed by atoms with Gasteiger partial charge in [-0.15, -0.1) is 0 Å². The lowest BCUT2D eigenvalue weighted by molar-refractivity contribution is -0.140. The average molecular weight is 542 g/mol. The van der Waals surface area contributed by atoms with Crippen LogP contribution in [0.4, 0.5) is 10.5 Å². The van der Waals surface area contributed by atoms with Crippen molar-refractivity contribution in [2.24, 2.45) is 0 Å². The summed E-state index contributed by atoms with van der Waals surface area (Å²) in [6, 6.07) is 11.5. The number of alkyl carbamates (subject to hydrolysis) is 1. The first kappa shape index (κ1) is 31.2. The number of thiol groups is 1. The van der Waals surface area contributed by atoms with E-state index >= 15 is 0 Å². The number of nitrogens with zero attached hydrogens (tertiary/aromatic N) is 1. The van der Waals surface area contributed by atoms with Gasteiger partial charge in [0.25, 0.3) is 5.91 Å². The lowest BCUT2D eigenvalue weighted by Crippen LogP contribution is -2.53. The van der Waals surface area contributed by atoms with E-state index in [0.717, 1.165) is 40.8 Å². The Balaban J connectivity index is 2.53. The fourth-order valence-corrected chi connectivity index (χ4v) is 4.53. The van der Waals surface area contributed by atoms with Crippen molar-refractivity contribution in [3.63, 3.8) is 0 Å². The fraction of sp³-hybridized carbons (Fsp3) is 0.500. The first-order chi connectivity index (χ1) is 17.9. The van der Waals surface area contributed by atoms with Crippen molar-refractivity contribution in [1.29, 1.82) is 0 Å².